The van der Waals surface area contributed by atoms with Crippen LogP contribution in [-0.4, -0.2) is 26.4 Å². The Bertz CT molecular complexity index is 1430. The standard InChI is InChI=1S/C28H30F3N5O2S2/c1-5-11-36-23(15-38-19-8-6-7-18(12-19)28(29,30)31)34-35-26(36)39-16-24(37)33-25-21(14-32)20-10-9-17(27(2,3)4)13-22(20)40-25/h5-8,12,17H,1,9-11,13,15-16H2,2-4H3,(H,33,37). The molecule has 0 saturated carbocycles. The number of benzene rings is 1. The van der Waals surface area contributed by atoms with Crippen LogP contribution in [0.15, 0.2) is 42.1 Å². The molecule has 0 spiro atoms. The Balaban J connectivity index is 1.40. The van der Waals surface area contributed by atoms with Gasteiger partial charge in [-0.25, -0.2) is 0 Å². The van der Waals surface area contributed by atoms with Crippen molar-refractivity contribution in [1.82, 2.24) is 14.8 Å². The van der Waals surface area contributed by atoms with Gasteiger partial charge in [0.1, 0.15) is 23.4 Å². The van der Waals surface area contributed by atoms with Crippen LogP contribution in [0.4, 0.5) is 18.2 Å². The molecule has 1 aliphatic rings. The SMILES string of the molecule is C=CCn1c(COc2cccc(C(F)(F)F)c2)nnc1SCC(=O)Nc1sc2c(c1C#N)CCC(C(C)(C)C)C2. The average Bonchev–Trinajstić information content (AvgIpc) is 3.44. The highest BCUT2D eigenvalue weighted by atomic mass is 32.2. The number of nitrogens with zero attached hydrogens (tertiary/aromatic N) is 4. The number of alkyl halides is 3. The van der Waals surface area contributed by atoms with Crippen LogP contribution in [0.2, 0.25) is 0 Å². The van der Waals surface area contributed by atoms with Crippen molar-refractivity contribution in [2.24, 2.45) is 11.3 Å². The Morgan fingerprint density at radius 1 is 1.35 bits per heavy atom. The molecule has 1 unspecified atom stereocenters. The highest BCUT2D eigenvalue weighted by Gasteiger charge is 2.33. The summed E-state index contributed by atoms with van der Waals surface area (Å²) in [5.41, 5.74) is 0.967. The van der Waals surface area contributed by atoms with E-state index in [1.807, 2.05) is 0 Å². The molecule has 12 heteroatoms. The lowest BCUT2D eigenvalue weighted by molar-refractivity contribution is -0.137. The highest BCUT2D eigenvalue weighted by molar-refractivity contribution is 7.99. The molecule has 40 heavy (non-hydrogen) atoms. The number of fused-ring (bicyclic) bond motifs is 1. The Morgan fingerprint density at radius 2 is 2.12 bits per heavy atom. The van der Waals surface area contributed by atoms with E-state index in [0.29, 0.717) is 34.0 Å². The number of thioether (sulfide) groups is 1. The fourth-order valence-corrected chi connectivity index (χ4v) is 6.64. The van der Waals surface area contributed by atoms with E-state index in [4.69, 9.17) is 4.74 Å². The third-order valence-corrected chi connectivity index (χ3v) is 8.96. The van der Waals surface area contributed by atoms with Crippen LogP contribution in [0.5, 0.6) is 5.75 Å². The molecule has 1 aromatic carbocycles. The number of nitriles is 1. The van der Waals surface area contributed by atoms with Crippen LogP contribution in [0.1, 0.15) is 54.6 Å². The van der Waals surface area contributed by atoms with Gasteiger partial charge in [0, 0.05) is 11.4 Å². The zero-order chi connectivity index (χ0) is 29.1. The molecule has 2 aromatic heterocycles. The largest absolute Gasteiger partial charge is 0.486 e. The average molecular weight is 590 g/mol. The molecule has 212 valence electrons. The van der Waals surface area contributed by atoms with Gasteiger partial charge in [0.15, 0.2) is 11.0 Å². The summed E-state index contributed by atoms with van der Waals surface area (Å²) in [4.78, 5) is 14.0. The number of hydrogen-bond acceptors (Lipinski definition) is 7. The summed E-state index contributed by atoms with van der Waals surface area (Å²) in [5.74, 6) is 0.709. The molecule has 1 N–H and O–H groups in total. The molecular weight excluding hydrogens is 559 g/mol. The van der Waals surface area contributed by atoms with Gasteiger partial charge in [-0.1, -0.05) is 44.7 Å². The summed E-state index contributed by atoms with van der Waals surface area (Å²) in [7, 11) is 0. The van der Waals surface area contributed by atoms with Crippen molar-refractivity contribution in [2.45, 2.75) is 64.5 Å². The highest BCUT2D eigenvalue weighted by Crippen LogP contribution is 2.44. The molecule has 1 amide bonds. The Labute approximate surface area is 239 Å². The second-order valence-corrected chi connectivity index (χ2v) is 12.6. The van der Waals surface area contributed by atoms with Crippen molar-refractivity contribution in [3.63, 3.8) is 0 Å². The molecule has 3 aromatic rings. The number of nitrogens with one attached hydrogen (secondary N) is 1. The van der Waals surface area contributed by atoms with Crippen molar-refractivity contribution in [3.8, 4) is 11.8 Å². The van der Waals surface area contributed by atoms with Crippen LogP contribution < -0.4 is 10.1 Å². The molecule has 4 rings (SSSR count). The Kier molecular flexibility index (Phi) is 8.95. The molecule has 0 fully saturated rings. The number of allylic oxidation sites excluding steroid dienone is 1. The number of amides is 1. The molecule has 1 atom stereocenters. The summed E-state index contributed by atoms with van der Waals surface area (Å²) in [5, 5.41) is 22.0. The van der Waals surface area contributed by atoms with E-state index in [2.05, 4.69) is 48.9 Å². The topological polar surface area (TPSA) is 92.8 Å². The minimum absolute atomic E-state index is 0.0296. The van der Waals surface area contributed by atoms with Gasteiger partial charge in [-0.05, 0) is 54.4 Å². The number of carbonyl (C=O) groups excluding carboxylic acids is 1. The molecule has 1 aliphatic carbocycles. The summed E-state index contributed by atoms with van der Waals surface area (Å²) >= 11 is 2.64. The monoisotopic (exact) mass is 589 g/mol. The van der Waals surface area contributed by atoms with Gasteiger partial charge >= 0.3 is 6.18 Å². The number of anilines is 1. The van der Waals surface area contributed by atoms with E-state index in [9.17, 15) is 23.2 Å². The quantitative estimate of drug-likeness (QED) is 0.216. The first-order valence-electron chi connectivity index (χ1n) is 12.7. The Morgan fingerprint density at radius 3 is 2.80 bits per heavy atom. The maximum Gasteiger partial charge on any atom is 0.416 e. The number of halogens is 3. The zero-order valence-electron chi connectivity index (χ0n) is 22.5. The van der Waals surface area contributed by atoms with Crippen LogP contribution in [0.3, 0.4) is 0 Å². The van der Waals surface area contributed by atoms with Crippen molar-refractivity contribution in [1.29, 1.82) is 5.26 Å². The summed E-state index contributed by atoms with van der Waals surface area (Å²) < 4.78 is 46.3. The maximum atomic E-state index is 13.0. The first kappa shape index (κ1) is 29.7. The van der Waals surface area contributed by atoms with Gasteiger partial charge in [0.25, 0.3) is 0 Å². The fourth-order valence-electron chi connectivity index (χ4n) is 4.58. The third kappa shape index (κ3) is 6.88. The maximum absolute atomic E-state index is 13.0. The predicted molar refractivity (Wildman–Crippen MR) is 149 cm³/mol. The Hall–Kier alpha value is -3.30. The third-order valence-electron chi connectivity index (χ3n) is 6.82. The molecule has 0 aliphatic heterocycles. The summed E-state index contributed by atoms with van der Waals surface area (Å²) in [6, 6.07) is 6.89. The van der Waals surface area contributed by atoms with Crippen LogP contribution in [0.25, 0.3) is 0 Å². The van der Waals surface area contributed by atoms with Gasteiger partial charge in [-0.3, -0.25) is 9.36 Å². The second kappa shape index (κ2) is 12.1. The van der Waals surface area contributed by atoms with Crippen LogP contribution >= 0.6 is 23.1 Å². The number of aromatic nitrogens is 3. The molecular formula is C28H30F3N5O2S2. The van der Waals surface area contributed by atoms with Gasteiger partial charge < -0.3 is 10.1 Å². The minimum Gasteiger partial charge on any atom is -0.486 e. The van der Waals surface area contributed by atoms with E-state index in [1.54, 1.807) is 10.6 Å². The normalized spacial score (nSPS) is 15.3. The van der Waals surface area contributed by atoms with Gasteiger partial charge in [-0.15, -0.1) is 28.1 Å². The molecule has 0 saturated heterocycles. The van der Waals surface area contributed by atoms with Gasteiger partial charge in [0.2, 0.25) is 5.91 Å². The molecule has 7 nitrogen and oxygen atoms in total. The molecule has 2 heterocycles. The lowest BCUT2D eigenvalue weighted by Crippen LogP contribution is -2.26. The number of rotatable bonds is 9. The van der Waals surface area contributed by atoms with E-state index in [1.165, 1.54) is 28.3 Å². The zero-order valence-corrected chi connectivity index (χ0v) is 24.1. The number of carbonyl (C=O) groups is 1. The number of thiophene rings is 1. The lowest BCUT2D eigenvalue weighted by Gasteiger charge is -2.33. The van der Waals surface area contributed by atoms with E-state index < -0.39 is 11.7 Å². The first-order valence-corrected chi connectivity index (χ1v) is 14.5. The van der Waals surface area contributed by atoms with Crippen molar-refractivity contribution in [3.05, 3.63) is 64.3 Å². The summed E-state index contributed by atoms with van der Waals surface area (Å²) in [6.45, 7) is 10.6. The van der Waals surface area contributed by atoms with Crippen molar-refractivity contribution < 1.29 is 22.7 Å². The van der Waals surface area contributed by atoms with Crippen LogP contribution in [-0.2, 0) is 37.0 Å². The van der Waals surface area contributed by atoms with E-state index in [0.717, 1.165) is 48.7 Å². The smallest absolute Gasteiger partial charge is 0.416 e. The fraction of sp³-hybridized carbons (Fsp3) is 0.429. The van der Waals surface area contributed by atoms with E-state index in [-0.39, 0.29) is 29.4 Å². The van der Waals surface area contributed by atoms with Gasteiger partial charge in [0.05, 0.1) is 16.9 Å². The minimum atomic E-state index is -4.47. The molecule has 0 radical (unpaired) electrons. The van der Waals surface area contributed by atoms with Crippen molar-refractivity contribution >= 4 is 34.0 Å². The first-order chi connectivity index (χ1) is 18.9. The molecule has 0 bridgehead atoms. The number of ether oxygens (including phenoxy) is 1. The second-order valence-electron chi connectivity index (χ2n) is 10.6. The number of hydrogen-bond donors (Lipinski definition) is 1. The lowest BCUT2D eigenvalue weighted by atomic mass is 9.72. The van der Waals surface area contributed by atoms with Gasteiger partial charge in [-0.2, -0.15) is 18.4 Å². The van der Waals surface area contributed by atoms with E-state index >= 15 is 0 Å². The predicted octanol–water partition coefficient (Wildman–Crippen LogP) is 6.88. The summed E-state index contributed by atoms with van der Waals surface area (Å²) in [6.07, 6.45) is -0.0978. The van der Waals surface area contributed by atoms with Crippen molar-refractivity contribution in [2.75, 3.05) is 11.1 Å². The van der Waals surface area contributed by atoms with Crippen LogP contribution in [0, 0.1) is 22.7 Å².